The lowest BCUT2D eigenvalue weighted by atomic mass is 10.1. The SMILES string of the molecule is COc1cccc(OC)c1C(=O)NC(=S)Nc1ccc2oc(-c3cc(Br)ccc3Cl)nc2c1. The van der Waals surface area contributed by atoms with E-state index in [1.165, 1.54) is 14.2 Å². The van der Waals surface area contributed by atoms with E-state index in [9.17, 15) is 4.79 Å². The fourth-order valence-electron chi connectivity index (χ4n) is 3.18. The molecule has 0 unspecified atom stereocenters. The summed E-state index contributed by atoms with van der Waals surface area (Å²) in [5.74, 6) is 0.679. The molecule has 0 fully saturated rings. The van der Waals surface area contributed by atoms with Crippen molar-refractivity contribution in [2.75, 3.05) is 19.5 Å². The maximum atomic E-state index is 12.8. The topological polar surface area (TPSA) is 85.6 Å². The van der Waals surface area contributed by atoms with Crippen LogP contribution >= 0.6 is 39.7 Å². The molecular formula is C23H17BrClN3O4S. The molecule has 168 valence electrons. The van der Waals surface area contributed by atoms with Crippen molar-refractivity contribution in [3.05, 3.63) is 69.7 Å². The third-order valence-corrected chi connectivity index (χ3v) is 5.71. The van der Waals surface area contributed by atoms with Gasteiger partial charge in [-0.05, 0) is 60.7 Å². The summed E-state index contributed by atoms with van der Waals surface area (Å²) < 4.78 is 17.3. The first-order valence-electron chi connectivity index (χ1n) is 9.59. The molecule has 0 saturated carbocycles. The number of fused-ring (bicyclic) bond motifs is 1. The van der Waals surface area contributed by atoms with Crippen LogP contribution in [0.4, 0.5) is 5.69 Å². The van der Waals surface area contributed by atoms with Crippen molar-refractivity contribution in [2.45, 2.75) is 0 Å². The second-order valence-electron chi connectivity index (χ2n) is 6.77. The van der Waals surface area contributed by atoms with Crippen LogP contribution in [0, 0.1) is 0 Å². The van der Waals surface area contributed by atoms with Gasteiger partial charge in [0.25, 0.3) is 5.91 Å². The van der Waals surface area contributed by atoms with Crippen molar-refractivity contribution < 1.29 is 18.7 Å². The molecular weight excluding hydrogens is 530 g/mol. The summed E-state index contributed by atoms with van der Waals surface area (Å²) in [6.07, 6.45) is 0. The summed E-state index contributed by atoms with van der Waals surface area (Å²) in [7, 11) is 2.95. The summed E-state index contributed by atoms with van der Waals surface area (Å²) in [5, 5.41) is 6.25. The first-order valence-corrected chi connectivity index (χ1v) is 11.2. The molecule has 0 radical (unpaired) electrons. The number of hydrogen-bond acceptors (Lipinski definition) is 6. The number of oxazole rings is 1. The van der Waals surface area contributed by atoms with Gasteiger partial charge < -0.3 is 19.2 Å². The number of anilines is 1. The van der Waals surface area contributed by atoms with E-state index in [1.807, 2.05) is 12.1 Å². The third-order valence-electron chi connectivity index (χ3n) is 4.69. The average molecular weight is 547 g/mol. The molecule has 1 amide bonds. The molecule has 0 atom stereocenters. The number of amides is 1. The molecule has 2 N–H and O–H groups in total. The maximum absolute atomic E-state index is 12.8. The Morgan fingerprint density at radius 2 is 1.82 bits per heavy atom. The first kappa shape index (κ1) is 23.0. The summed E-state index contributed by atoms with van der Waals surface area (Å²) >= 11 is 15.0. The molecule has 0 aliphatic heterocycles. The number of methoxy groups -OCH3 is 2. The van der Waals surface area contributed by atoms with E-state index in [-0.39, 0.29) is 10.7 Å². The third kappa shape index (κ3) is 4.95. The van der Waals surface area contributed by atoms with Crippen molar-refractivity contribution in [3.63, 3.8) is 0 Å². The van der Waals surface area contributed by atoms with Crippen molar-refractivity contribution >= 4 is 67.6 Å². The number of carbonyl (C=O) groups is 1. The van der Waals surface area contributed by atoms with Crippen molar-refractivity contribution in [3.8, 4) is 23.0 Å². The van der Waals surface area contributed by atoms with Gasteiger partial charge in [-0.15, -0.1) is 0 Å². The van der Waals surface area contributed by atoms with Gasteiger partial charge >= 0.3 is 0 Å². The Hall–Kier alpha value is -3.14. The Labute approximate surface area is 208 Å². The standard InChI is InChI=1S/C23H17BrClN3O4S/c1-30-18-4-3-5-19(31-2)20(18)21(29)28-23(33)26-13-7-9-17-16(11-13)27-22(32-17)14-10-12(24)6-8-15(14)25/h3-11H,1-2H3,(H2,26,28,29,33). The van der Waals surface area contributed by atoms with Gasteiger partial charge in [0.05, 0.1) is 24.8 Å². The van der Waals surface area contributed by atoms with Gasteiger partial charge in [-0.3, -0.25) is 10.1 Å². The molecule has 0 aliphatic rings. The number of nitrogens with zero attached hydrogens (tertiary/aromatic N) is 1. The molecule has 0 aliphatic carbocycles. The average Bonchev–Trinajstić information content (AvgIpc) is 3.23. The van der Waals surface area contributed by atoms with Gasteiger partial charge in [-0.2, -0.15) is 0 Å². The second kappa shape index (κ2) is 9.78. The van der Waals surface area contributed by atoms with Crippen molar-refractivity contribution in [2.24, 2.45) is 0 Å². The van der Waals surface area contributed by atoms with Gasteiger partial charge in [-0.25, -0.2) is 4.98 Å². The molecule has 3 aromatic carbocycles. The molecule has 33 heavy (non-hydrogen) atoms. The van der Waals surface area contributed by atoms with Crippen LogP contribution in [0.15, 0.2) is 63.5 Å². The molecule has 4 aromatic rings. The zero-order valence-corrected chi connectivity index (χ0v) is 20.6. The normalized spacial score (nSPS) is 10.7. The number of hydrogen-bond donors (Lipinski definition) is 2. The monoisotopic (exact) mass is 545 g/mol. The Kier molecular flexibility index (Phi) is 6.83. The summed E-state index contributed by atoms with van der Waals surface area (Å²) in [5.41, 5.74) is 2.73. The van der Waals surface area contributed by atoms with Crippen LogP contribution in [-0.2, 0) is 0 Å². The molecule has 0 saturated heterocycles. The molecule has 1 heterocycles. The lowest BCUT2D eigenvalue weighted by Gasteiger charge is -2.14. The highest BCUT2D eigenvalue weighted by atomic mass is 79.9. The number of nitrogens with one attached hydrogen (secondary N) is 2. The molecule has 0 spiro atoms. The predicted octanol–water partition coefficient (Wildman–Crippen LogP) is 6.05. The fraction of sp³-hybridized carbons (Fsp3) is 0.0870. The highest BCUT2D eigenvalue weighted by molar-refractivity contribution is 9.10. The predicted molar refractivity (Wildman–Crippen MR) is 135 cm³/mol. The molecule has 7 nitrogen and oxygen atoms in total. The maximum Gasteiger partial charge on any atom is 0.264 e. The van der Waals surface area contributed by atoms with E-state index >= 15 is 0 Å². The molecule has 10 heteroatoms. The highest BCUT2D eigenvalue weighted by Gasteiger charge is 2.19. The smallest absolute Gasteiger partial charge is 0.264 e. The number of benzene rings is 3. The fourth-order valence-corrected chi connectivity index (χ4v) is 3.95. The molecule has 1 aromatic heterocycles. The summed E-state index contributed by atoms with van der Waals surface area (Å²) in [6, 6.07) is 15.8. The minimum absolute atomic E-state index is 0.103. The molecule has 4 rings (SSSR count). The van der Waals surface area contributed by atoms with Gasteiger partial charge in [0.1, 0.15) is 22.6 Å². The largest absolute Gasteiger partial charge is 0.496 e. The first-order chi connectivity index (χ1) is 15.9. The van der Waals surface area contributed by atoms with E-state index in [2.05, 4.69) is 31.5 Å². The highest BCUT2D eigenvalue weighted by Crippen LogP contribution is 2.33. The van der Waals surface area contributed by atoms with Gasteiger partial charge in [0, 0.05) is 10.2 Å². The Bertz CT molecular complexity index is 1350. The van der Waals surface area contributed by atoms with E-state index in [1.54, 1.807) is 42.5 Å². The lowest BCUT2D eigenvalue weighted by molar-refractivity contribution is 0.0971. The van der Waals surface area contributed by atoms with Gasteiger partial charge in [-0.1, -0.05) is 33.6 Å². The zero-order valence-electron chi connectivity index (χ0n) is 17.4. The van der Waals surface area contributed by atoms with Crippen LogP contribution in [0.3, 0.4) is 0 Å². The van der Waals surface area contributed by atoms with Crippen LogP contribution in [0.25, 0.3) is 22.6 Å². The minimum Gasteiger partial charge on any atom is -0.496 e. The minimum atomic E-state index is -0.462. The second-order valence-corrected chi connectivity index (χ2v) is 8.50. The summed E-state index contributed by atoms with van der Waals surface area (Å²) in [6.45, 7) is 0. The number of aromatic nitrogens is 1. The van der Waals surface area contributed by atoms with Crippen LogP contribution in [0.2, 0.25) is 5.02 Å². The Morgan fingerprint density at radius 3 is 2.52 bits per heavy atom. The summed E-state index contributed by atoms with van der Waals surface area (Å²) in [4.78, 5) is 17.3. The van der Waals surface area contributed by atoms with E-state index in [4.69, 9.17) is 37.7 Å². The van der Waals surface area contributed by atoms with Crippen LogP contribution in [-0.4, -0.2) is 30.2 Å². The number of ether oxygens (including phenoxy) is 2. The molecule has 0 bridgehead atoms. The van der Waals surface area contributed by atoms with Gasteiger partial charge in [0.2, 0.25) is 5.89 Å². The van der Waals surface area contributed by atoms with Crippen LogP contribution in [0.5, 0.6) is 11.5 Å². The van der Waals surface area contributed by atoms with Crippen molar-refractivity contribution in [1.82, 2.24) is 10.3 Å². The van der Waals surface area contributed by atoms with Crippen LogP contribution in [0.1, 0.15) is 10.4 Å². The Morgan fingerprint density at radius 1 is 1.09 bits per heavy atom. The van der Waals surface area contributed by atoms with Gasteiger partial charge in [0.15, 0.2) is 10.7 Å². The van der Waals surface area contributed by atoms with E-state index in [0.29, 0.717) is 44.8 Å². The van der Waals surface area contributed by atoms with Crippen molar-refractivity contribution in [1.29, 1.82) is 0 Å². The number of halogens is 2. The zero-order chi connectivity index (χ0) is 23.5. The number of carbonyl (C=O) groups excluding carboxylic acids is 1. The van der Waals surface area contributed by atoms with E-state index in [0.717, 1.165) is 4.47 Å². The Balaban J connectivity index is 1.53. The number of rotatable bonds is 5. The number of thiocarbonyl (C=S) groups is 1. The van der Waals surface area contributed by atoms with E-state index < -0.39 is 5.91 Å². The quantitative estimate of drug-likeness (QED) is 0.295. The van der Waals surface area contributed by atoms with Crippen LogP contribution < -0.4 is 20.1 Å². The lowest BCUT2D eigenvalue weighted by Crippen LogP contribution is -2.34.